The number of nitrogens with zero attached hydrogens (tertiary/aromatic N) is 1. The summed E-state index contributed by atoms with van der Waals surface area (Å²) in [6.07, 6.45) is 2.12. The van der Waals surface area contributed by atoms with Crippen LogP contribution >= 0.6 is 23.1 Å². The maximum atomic E-state index is 3.10. The van der Waals surface area contributed by atoms with E-state index < -0.39 is 0 Å². The van der Waals surface area contributed by atoms with Crippen molar-refractivity contribution in [3.63, 3.8) is 0 Å². The van der Waals surface area contributed by atoms with Crippen LogP contribution in [0.2, 0.25) is 0 Å². The molecule has 1 heterocycles. The van der Waals surface area contributed by atoms with Crippen LogP contribution in [-0.2, 0) is 7.05 Å². The minimum atomic E-state index is 1.22. The van der Waals surface area contributed by atoms with Gasteiger partial charge in [0.05, 0.1) is 0 Å². The monoisotopic (exact) mass is 301 g/mol. The SMILES string of the molecule is CSc1sc(=[Se])n(C)c1-c1ccccc1. The molecule has 0 atom stereocenters. The number of aromatic nitrogens is 1. The standard InChI is InChI=1S/C11H11NS2Se/c1-12-9(8-6-4-3-5-7-8)10(13-2)14-11(12)15/h3-7H,1-2H3. The quantitative estimate of drug-likeness (QED) is 0.609. The first-order chi connectivity index (χ1) is 7.24. The second-order valence-corrected chi connectivity index (χ2v) is 6.60. The summed E-state index contributed by atoms with van der Waals surface area (Å²) in [6, 6.07) is 10.5. The van der Waals surface area contributed by atoms with Gasteiger partial charge in [-0.25, -0.2) is 0 Å². The van der Waals surface area contributed by atoms with Gasteiger partial charge in [-0.05, 0) is 0 Å². The van der Waals surface area contributed by atoms with Crippen molar-refractivity contribution in [1.82, 2.24) is 4.57 Å². The van der Waals surface area contributed by atoms with Crippen LogP contribution in [0.3, 0.4) is 0 Å². The average Bonchev–Trinajstić information content (AvgIpc) is 2.56. The van der Waals surface area contributed by atoms with Gasteiger partial charge in [0.15, 0.2) is 0 Å². The zero-order valence-corrected chi connectivity index (χ0v) is 11.9. The summed E-state index contributed by atoms with van der Waals surface area (Å²) in [6.45, 7) is 0. The molecule has 1 nitrogen and oxygen atoms in total. The molecule has 2 aromatic rings. The average molecular weight is 300 g/mol. The fourth-order valence-corrected chi connectivity index (χ4v) is 4.30. The second kappa shape index (κ2) is 4.71. The number of benzene rings is 1. The molecule has 2 rings (SSSR count). The number of thioether (sulfide) groups is 1. The van der Waals surface area contributed by atoms with Gasteiger partial charge < -0.3 is 0 Å². The van der Waals surface area contributed by atoms with Gasteiger partial charge in [0.1, 0.15) is 0 Å². The first-order valence-corrected chi connectivity index (χ1v) is 7.43. The molecule has 0 bridgehead atoms. The Hall–Kier alpha value is -0.281. The summed E-state index contributed by atoms with van der Waals surface area (Å²) >= 11 is 6.71. The van der Waals surface area contributed by atoms with Gasteiger partial charge in [0.25, 0.3) is 0 Å². The van der Waals surface area contributed by atoms with Crippen molar-refractivity contribution in [2.45, 2.75) is 4.21 Å². The summed E-state index contributed by atoms with van der Waals surface area (Å²) in [5.74, 6) is 0. The molecule has 0 aliphatic rings. The Morgan fingerprint density at radius 2 is 1.93 bits per heavy atom. The maximum absolute atomic E-state index is 3.10. The van der Waals surface area contributed by atoms with E-state index in [1.54, 1.807) is 23.1 Å². The molecule has 0 radical (unpaired) electrons. The molecule has 0 saturated heterocycles. The zero-order chi connectivity index (χ0) is 10.8. The molecule has 0 aliphatic carbocycles. The predicted octanol–water partition coefficient (Wildman–Crippen LogP) is 3.18. The summed E-state index contributed by atoms with van der Waals surface area (Å²) < 4.78 is 4.79. The Morgan fingerprint density at radius 1 is 1.27 bits per heavy atom. The number of hydrogen-bond donors (Lipinski definition) is 0. The van der Waals surface area contributed by atoms with Crippen molar-refractivity contribution in [2.75, 3.05) is 6.26 Å². The number of rotatable bonds is 2. The molecule has 0 aliphatic heterocycles. The van der Waals surface area contributed by atoms with E-state index in [0.29, 0.717) is 0 Å². The Labute approximate surface area is 106 Å². The van der Waals surface area contributed by atoms with Crippen LogP contribution < -0.4 is 0 Å². The van der Waals surface area contributed by atoms with E-state index in [1.165, 1.54) is 19.0 Å². The summed E-state index contributed by atoms with van der Waals surface area (Å²) in [4.78, 5) is 0. The molecule has 15 heavy (non-hydrogen) atoms. The molecule has 0 fully saturated rings. The summed E-state index contributed by atoms with van der Waals surface area (Å²) in [7, 11) is 2.10. The second-order valence-electron chi connectivity index (χ2n) is 3.13. The predicted molar refractivity (Wildman–Crippen MR) is 69.5 cm³/mol. The number of thiazole rings is 1. The van der Waals surface area contributed by atoms with Gasteiger partial charge in [0, 0.05) is 0 Å². The molecule has 0 spiro atoms. The van der Waals surface area contributed by atoms with Crippen LogP contribution in [0.25, 0.3) is 11.3 Å². The zero-order valence-electron chi connectivity index (χ0n) is 8.56. The molecular weight excluding hydrogens is 289 g/mol. The van der Waals surface area contributed by atoms with Crippen LogP contribution in [0.15, 0.2) is 34.5 Å². The fourth-order valence-electron chi connectivity index (χ4n) is 1.47. The summed E-state index contributed by atoms with van der Waals surface area (Å²) in [5.41, 5.74) is 2.59. The first kappa shape index (κ1) is 11.2. The van der Waals surface area contributed by atoms with Crippen molar-refractivity contribution in [2.24, 2.45) is 7.05 Å². The van der Waals surface area contributed by atoms with Gasteiger partial charge in [0.2, 0.25) is 0 Å². The Balaban J connectivity index is 2.67. The third-order valence-corrected chi connectivity index (χ3v) is 5.46. The first-order valence-electron chi connectivity index (χ1n) is 4.53. The van der Waals surface area contributed by atoms with Crippen LogP contribution in [0.1, 0.15) is 0 Å². The Morgan fingerprint density at radius 3 is 2.53 bits per heavy atom. The molecule has 78 valence electrons. The Bertz CT molecular complexity index is 513. The van der Waals surface area contributed by atoms with Crippen molar-refractivity contribution < 1.29 is 0 Å². The van der Waals surface area contributed by atoms with Gasteiger partial charge in [-0.2, -0.15) is 0 Å². The topological polar surface area (TPSA) is 4.93 Å². The third-order valence-electron chi connectivity index (χ3n) is 2.22. The van der Waals surface area contributed by atoms with Crippen molar-refractivity contribution >= 4 is 38.7 Å². The van der Waals surface area contributed by atoms with Gasteiger partial charge in [-0.15, -0.1) is 0 Å². The Kier molecular flexibility index (Phi) is 3.52. The minimum absolute atomic E-state index is 1.22. The van der Waals surface area contributed by atoms with Gasteiger partial charge >= 0.3 is 106 Å². The number of hydrogen-bond acceptors (Lipinski definition) is 2. The normalized spacial score (nSPS) is 10.5. The van der Waals surface area contributed by atoms with E-state index in [0.717, 1.165) is 0 Å². The molecule has 0 amide bonds. The molecular formula is C11H11NS2Se. The van der Waals surface area contributed by atoms with E-state index >= 15 is 0 Å². The van der Waals surface area contributed by atoms with Crippen LogP contribution in [0.5, 0.6) is 0 Å². The molecule has 0 unspecified atom stereocenters. The molecule has 1 aromatic heterocycles. The van der Waals surface area contributed by atoms with E-state index in [9.17, 15) is 0 Å². The summed E-state index contributed by atoms with van der Waals surface area (Å²) in [5, 5.41) is 0. The van der Waals surface area contributed by atoms with Crippen LogP contribution in [0.4, 0.5) is 0 Å². The van der Waals surface area contributed by atoms with Gasteiger partial charge in [-0.1, -0.05) is 0 Å². The molecule has 0 saturated carbocycles. The van der Waals surface area contributed by atoms with Crippen molar-refractivity contribution in [3.8, 4) is 11.3 Å². The van der Waals surface area contributed by atoms with Crippen molar-refractivity contribution in [1.29, 1.82) is 0 Å². The molecule has 4 heteroatoms. The molecule has 1 aromatic carbocycles. The van der Waals surface area contributed by atoms with E-state index in [2.05, 4.69) is 57.7 Å². The van der Waals surface area contributed by atoms with E-state index in [4.69, 9.17) is 0 Å². The van der Waals surface area contributed by atoms with E-state index in [1.807, 2.05) is 6.07 Å². The van der Waals surface area contributed by atoms with Crippen LogP contribution in [0, 0.1) is 3.51 Å². The van der Waals surface area contributed by atoms with Crippen molar-refractivity contribution in [3.05, 3.63) is 33.8 Å². The molecule has 0 N–H and O–H groups in total. The van der Waals surface area contributed by atoms with Gasteiger partial charge in [-0.3, -0.25) is 0 Å². The third kappa shape index (κ3) is 2.13. The van der Waals surface area contributed by atoms with E-state index in [-0.39, 0.29) is 0 Å². The fraction of sp³-hybridized carbons (Fsp3) is 0.182. The van der Waals surface area contributed by atoms with Crippen LogP contribution in [-0.4, -0.2) is 26.4 Å².